The highest BCUT2D eigenvalue weighted by Crippen LogP contribution is 2.36. The van der Waals surface area contributed by atoms with E-state index >= 15 is 0 Å². The van der Waals surface area contributed by atoms with Gasteiger partial charge in [0, 0.05) is 28.0 Å². The number of hydrogen-bond acceptors (Lipinski definition) is 0. The van der Waals surface area contributed by atoms with Crippen molar-refractivity contribution in [1.29, 1.82) is 0 Å². The maximum Gasteiger partial charge on any atom is 0.134 e. The number of rotatable bonds is 3. The highest BCUT2D eigenvalue weighted by atomic mass is 31.1. The predicted molar refractivity (Wildman–Crippen MR) is 89.7 cm³/mol. The van der Waals surface area contributed by atoms with E-state index in [1.54, 1.807) is 13.0 Å². The molecule has 6 heteroatoms. The largest absolute Gasteiger partial charge is 0.207 e. The van der Waals surface area contributed by atoms with Crippen LogP contribution in [0.5, 0.6) is 0 Å². The minimum atomic E-state index is -2.00. The summed E-state index contributed by atoms with van der Waals surface area (Å²) < 4.78 is 69.7. The van der Waals surface area contributed by atoms with Gasteiger partial charge < -0.3 is 0 Å². The summed E-state index contributed by atoms with van der Waals surface area (Å²) in [5.74, 6) is -4.02. The Balaban J connectivity index is 2.27. The maximum absolute atomic E-state index is 14.5. The first-order chi connectivity index (χ1) is 11.9. The number of hydrogen-bond donors (Lipinski definition) is 0. The van der Waals surface area contributed by atoms with E-state index < -0.39 is 37.0 Å². The van der Waals surface area contributed by atoms with Gasteiger partial charge in [-0.2, -0.15) is 0 Å². The van der Waals surface area contributed by atoms with Crippen molar-refractivity contribution in [1.82, 2.24) is 0 Å². The van der Waals surface area contributed by atoms with Gasteiger partial charge in [-0.1, -0.05) is 12.1 Å². The van der Waals surface area contributed by atoms with Gasteiger partial charge >= 0.3 is 0 Å². The molecule has 0 atom stereocenters. The zero-order valence-electron chi connectivity index (χ0n) is 13.0. The Bertz CT molecular complexity index is 817. The molecule has 0 aliphatic carbocycles. The summed E-state index contributed by atoms with van der Waals surface area (Å²) in [7, 11) is -2.00. The summed E-state index contributed by atoms with van der Waals surface area (Å²) in [4.78, 5) is 0. The third kappa shape index (κ3) is 3.57. The van der Waals surface area contributed by atoms with E-state index in [1.807, 2.05) is 0 Å². The molecule has 0 nitrogen and oxygen atoms in total. The average Bonchev–Trinajstić information content (AvgIpc) is 2.52. The second-order valence-corrected chi connectivity index (χ2v) is 7.60. The van der Waals surface area contributed by atoms with Crippen LogP contribution in [0.25, 0.3) is 0 Å². The number of benzene rings is 3. The lowest BCUT2D eigenvalue weighted by atomic mass is 10.2. The van der Waals surface area contributed by atoms with Crippen LogP contribution in [0.1, 0.15) is 5.56 Å². The van der Waals surface area contributed by atoms with Gasteiger partial charge in [-0.3, -0.25) is 0 Å². The Labute approximate surface area is 142 Å². The van der Waals surface area contributed by atoms with Gasteiger partial charge in [-0.25, -0.2) is 22.0 Å². The summed E-state index contributed by atoms with van der Waals surface area (Å²) >= 11 is 0. The smallest absolute Gasteiger partial charge is 0.134 e. The van der Waals surface area contributed by atoms with Crippen LogP contribution in [0.3, 0.4) is 0 Å². The van der Waals surface area contributed by atoms with Crippen molar-refractivity contribution in [3.05, 3.63) is 89.2 Å². The van der Waals surface area contributed by atoms with Crippen molar-refractivity contribution in [3.63, 3.8) is 0 Å². The normalized spacial score (nSPS) is 11.2. The fraction of sp³-hybridized carbons (Fsp3) is 0.0526. The van der Waals surface area contributed by atoms with E-state index in [4.69, 9.17) is 0 Å². The molecule has 3 rings (SSSR count). The Morgan fingerprint density at radius 3 is 1.36 bits per heavy atom. The molecule has 3 aromatic carbocycles. The first-order valence-electron chi connectivity index (χ1n) is 7.33. The number of aryl methyl sites for hydroxylation is 1. The van der Waals surface area contributed by atoms with Crippen molar-refractivity contribution >= 4 is 23.8 Å². The molecule has 0 aromatic heterocycles. The van der Waals surface area contributed by atoms with Crippen LogP contribution >= 0.6 is 7.92 Å². The molecular weight excluding hydrogens is 354 g/mol. The van der Waals surface area contributed by atoms with E-state index in [0.29, 0.717) is 17.7 Å². The van der Waals surface area contributed by atoms with Gasteiger partial charge in [0.1, 0.15) is 29.1 Å². The van der Waals surface area contributed by atoms with Crippen LogP contribution in [0.2, 0.25) is 0 Å². The molecule has 0 N–H and O–H groups in total. The van der Waals surface area contributed by atoms with Gasteiger partial charge in [0.25, 0.3) is 0 Å². The van der Waals surface area contributed by atoms with Crippen molar-refractivity contribution < 1.29 is 22.0 Å². The average molecular weight is 366 g/mol. The van der Waals surface area contributed by atoms with E-state index in [1.165, 1.54) is 24.3 Å². The molecule has 0 amide bonds. The third-order valence-corrected chi connectivity index (χ3v) is 6.18. The molecular formula is C19H12F5P. The fourth-order valence-corrected chi connectivity index (χ4v) is 4.79. The lowest BCUT2D eigenvalue weighted by Crippen LogP contribution is -2.27. The molecule has 0 aliphatic heterocycles. The first-order valence-corrected chi connectivity index (χ1v) is 8.67. The van der Waals surface area contributed by atoms with Crippen molar-refractivity contribution in [2.75, 3.05) is 0 Å². The summed E-state index contributed by atoms with van der Waals surface area (Å²) in [6.07, 6.45) is 0. The Morgan fingerprint density at radius 2 is 0.960 bits per heavy atom. The zero-order chi connectivity index (χ0) is 18.1. The molecule has 3 aromatic rings. The first kappa shape index (κ1) is 17.6. The van der Waals surface area contributed by atoms with Crippen molar-refractivity contribution in [2.24, 2.45) is 0 Å². The summed E-state index contributed by atoms with van der Waals surface area (Å²) in [5, 5.41) is 0.00550. The van der Waals surface area contributed by atoms with Crippen molar-refractivity contribution in [3.8, 4) is 0 Å². The molecule has 0 unspecified atom stereocenters. The van der Waals surface area contributed by atoms with E-state index in [9.17, 15) is 22.0 Å². The molecule has 128 valence electrons. The molecule has 0 radical (unpaired) electrons. The topological polar surface area (TPSA) is 0 Å². The van der Waals surface area contributed by atoms with E-state index in [0.717, 1.165) is 12.1 Å². The highest BCUT2D eigenvalue weighted by molar-refractivity contribution is 7.79. The lowest BCUT2D eigenvalue weighted by molar-refractivity contribution is 0.588. The molecule has 0 spiro atoms. The van der Waals surface area contributed by atoms with Gasteiger partial charge in [0.05, 0.1) is 0 Å². The standard InChI is InChI=1S/C19H12F5P/c1-11-2-5-17(14(22)8-11)25(18-6-3-12(20)9-15(18)23)19-7-4-13(21)10-16(19)24/h2-10H,1H3. The Morgan fingerprint density at radius 1 is 0.560 bits per heavy atom. The molecule has 0 fully saturated rings. The van der Waals surface area contributed by atoms with E-state index in [2.05, 4.69) is 0 Å². The molecule has 0 bridgehead atoms. The maximum atomic E-state index is 14.5. The van der Waals surface area contributed by atoms with Crippen LogP contribution in [-0.2, 0) is 0 Å². The van der Waals surface area contributed by atoms with Gasteiger partial charge in [-0.05, 0) is 50.7 Å². The van der Waals surface area contributed by atoms with Crippen LogP contribution < -0.4 is 15.9 Å². The Kier molecular flexibility index (Phi) is 4.87. The molecule has 0 saturated carbocycles. The minimum Gasteiger partial charge on any atom is -0.207 e. The SMILES string of the molecule is Cc1ccc(P(c2ccc(F)cc2F)c2ccc(F)cc2F)c(F)c1. The summed E-state index contributed by atoms with van der Waals surface area (Å²) in [5.41, 5.74) is 0.648. The van der Waals surface area contributed by atoms with Crippen LogP contribution in [-0.4, -0.2) is 0 Å². The van der Waals surface area contributed by atoms with Crippen LogP contribution in [0.4, 0.5) is 22.0 Å². The molecule has 0 saturated heterocycles. The van der Waals surface area contributed by atoms with Gasteiger partial charge in [0.2, 0.25) is 0 Å². The summed E-state index contributed by atoms with van der Waals surface area (Å²) in [6.45, 7) is 1.69. The second-order valence-electron chi connectivity index (χ2n) is 5.48. The zero-order valence-corrected chi connectivity index (χ0v) is 13.9. The quantitative estimate of drug-likeness (QED) is 0.475. The lowest BCUT2D eigenvalue weighted by Gasteiger charge is -2.21. The second kappa shape index (κ2) is 6.93. The van der Waals surface area contributed by atoms with Crippen molar-refractivity contribution in [2.45, 2.75) is 6.92 Å². The summed E-state index contributed by atoms with van der Waals surface area (Å²) in [6, 6.07) is 10.0. The molecule has 25 heavy (non-hydrogen) atoms. The highest BCUT2D eigenvalue weighted by Gasteiger charge is 2.26. The third-order valence-electron chi connectivity index (χ3n) is 3.65. The molecule has 0 heterocycles. The Hall–Kier alpha value is -2.26. The number of halogens is 5. The fourth-order valence-electron chi connectivity index (χ4n) is 2.51. The van der Waals surface area contributed by atoms with E-state index in [-0.39, 0.29) is 15.9 Å². The van der Waals surface area contributed by atoms with Gasteiger partial charge in [0.15, 0.2) is 0 Å². The predicted octanol–water partition coefficient (Wildman–Crippen LogP) is 4.45. The van der Waals surface area contributed by atoms with Crippen LogP contribution in [0.15, 0.2) is 54.6 Å². The molecule has 0 aliphatic rings. The minimum absolute atomic E-state index is 0.0374. The monoisotopic (exact) mass is 366 g/mol. The van der Waals surface area contributed by atoms with Crippen LogP contribution in [0, 0.1) is 36.0 Å². The van der Waals surface area contributed by atoms with Gasteiger partial charge in [-0.15, -0.1) is 0 Å².